The number of rotatable bonds is 7. The first-order valence-corrected chi connectivity index (χ1v) is 9.61. The van der Waals surface area contributed by atoms with Crippen LogP contribution in [0.15, 0.2) is 58.1 Å². The highest BCUT2D eigenvalue weighted by Gasteiger charge is 2.35. The third kappa shape index (κ3) is 3.36. The molecule has 7 heteroatoms. The molecule has 1 aliphatic rings. The van der Waals surface area contributed by atoms with Crippen molar-refractivity contribution in [3.63, 3.8) is 0 Å². The second kappa shape index (κ2) is 7.64. The molecular weight excluding hydrogens is 392 g/mol. The van der Waals surface area contributed by atoms with Gasteiger partial charge in [0.1, 0.15) is 0 Å². The van der Waals surface area contributed by atoms with Gasteiger partial charge in [0.15, 0.2) is 0 Å². The van der Waals surface area contributed by atoms with Crippen LogP contribution < -0.4 is 16.2 Å². The Kier molecular flexibility index (Phi) is 5.03. The van der Waals surface area contributed by atoms with Crippen LogP contribution in [-0.4, -0.2) is 29.8 Å². The summed E-state index contributed by atoms with van der Waals surface area (Å²) < 4.78 is 0. The number of imide groups is 1. The average molecular weight is 409 g/mol. The summed E-state index contributed by atoms with van der Waals surface area (Å²) in [6, 6.07) is 14.0. The van der Waals surface area contributed by atoms with Crippen molar-refractivity contribution >= 4 is 29.1 Å². The fourth-order valence-corrected chi connectivity index (χ4v) is 3.78. The number of carbonyl (C=O) groups is 2. The van der Waals surface area contributed by atoms with Gasteiger partial charge in [-0.15, -0.1) is 0 Å². The summed E-state index contributed by atoms with van der Waals surface area (Å²) in [6.45, 7) is 0.491. The van der Waals surface area contributed by atoms with Crippen LogP contribution in [0, 0.1) is 0 Å². The zero-order valence-electron chi connectivity index (χ0n) is 15.4. The molecule has 4 rings (SSSR count). The summed E-state index contributed by atoms with van der Waals surface area (Å²) in [4.78, 5) is 49.9. The molecule has 0 spiro atoms. The van der Waals surface area contributed by atoms with E-state index in [1.165, 1.54) is 0 Å². The number of nitrogens with zero attached hydrogens (tertiary/aromatic N) is 1. The second-order valence-corrected chi connectivity index (χ2v) is 7.24. The summed E-state index contributed by atoms with van der Waals surface area (Å²) >= 11 is 6.13. The largest absolute Gasteiger partial charge is 0.381 e. The lowest BCUT2D eigenvalue weighted by molar-refractivity contribution is 0.0656. The van der Waals surface area contributed by atoms with Crippen molar-refractivity contribution < 1.29 is 9.59 Å². The molecule has 146 valence electrons. The minimum atomic E-state index is -0.568. The van der Waals surface area contributed by atoms with E-state index in [4.69, 9.17) is 11.6 Å². The zero-order chi connectivity index (χ0) is 20.5. The molecule has 1 aliphatic heterocycles. The molecular formula is C22H17ClN2O4. The van der Waals surface area contributed by atoms with Crippen LogP contribution in [0.4, 0.5) is 5.69 Å². The van der Waals surface area contributed by atoms with Gasteiger partial charge in [-0.1, -0.05) is 41.9 Å². The van der Waals surface area contributed by atoms with Crippen molar-refractivity contribution in [3.8, 4) is 0 Å². The minimum Gasteiger partial charge on any atom is -0.381 e. The van der Waals surface area contributed by atoms with Gasteiger partial charge in [-0.05, 0) is 36.6 Å². The van der Waals surface area contributed by atoms with Crippen molar-refractivity contribution in [1.82, 2.24) is 4.90 Å². The zero-order valence-corrected chi connectivity index (χ0v) is 16.2. The molecule has 2 amide bonds. The summed E-state index contributed by atoms with van der Waals surface area (Å²) in [5.74, 6) is -0.755. The number of anilines is 1. The van der Waals surface area contributed by atoms with E-state index in [0.29, 0.717) is 34.7 Å². The van der Waals surface area contributed by atoms with Crippen LogP contribution in [0.1, 0.15) is 31.8 Å². The Morgan fingerprint density at radius 1 is 0.793 bits per heavy atom. The van der Waals surface area contributed by atoms with Crippen molar-refractivity contribution in [2.45, 2.75) is 12.8 Å². The van der Waals surface area contributed by atoms with E-state index in [1.807, 2.05) is 18.2 Å². The van der Waals surface area contributed by atoms with Gasteiger partial charge in [-0.3, -0.25) is 24.1 Å². The molecule has 0 unspecified atom stereocenters. The maximum absolute atomic E-state index is 12.4. The van der Waals surface area contributed by atoms with Crippen LogP contribution in [0.25, 0.3) is 0 Å². The molecule has 0 bridgehead atoms. The monoisotopic (exact) mass is 408 g/mol. The third-order valence-electron chi connectivity index (χ3n) is 5.13. The summed E-state index contributed by atoms with van der Waals surface area (Å²) in [5.41, 5.74) is 1.11. The topological polar surface area (TPSA) is 83.6 Å². The molecule has 3 aromatic rings. The molecule has 1 N–H and O–H groups in total. The summed E-state index contributed by atoms with van der Waals surface area (Å²) in [5, 5.41) is 3.65. The highest BCUT2D eigenvalue weighted by atomic mass is 35.5. The first-order valence-electron chi connectivity index (χ1n) is 9.23. The molecule has 0 aliphatic carbocycles. The van der Waals surface area contributed by atoms with Crippen LogP contribution in [0.5, 0.6) is 0 Å². The minimum absolute atomic E-state index is 0.0520. The fourth-order valence-electron chi connectivity index (χ4n) is 3.55. The van der Waals surface area contributed by atoms with Crippen molar-refractivity contribution in [2.75, 3.05) is 18.4 Å². The van der Waals surface area contributed by atoms with Crippen LogP contribution in [0.3, 0.4) is 0 Å². The molecule has 6 nitrogen and oxygen atoms in total. The van der Waals surface area contributed by atoms with E-state index >= 15 is 0 Å². The van der Waals surface area contributed by atoms with Crippen molar-refractivity contribution in [1.29, 1.82) is 0 Å². The lowest BCUT2D eigenvalue weighted by Gasteiger charge is -2.17. The first-order chi connectivity index (χ1) is 14.0. The predicted molar refractivity (Wildman–Crippen MR) is 111 cm³/mol. The van der Waals surface area contributed by atoms with E-state index < -0.39 is 10.9 Å². The molecule has 0 aromatic heterocycles. The first kappa shape index (κ1) is 19.1. The number of carbonyl (C=O) groups excluding carboxylic acids is 2. The van der Waals surface area contributed by atoms with Gasteiger partial charge in [0, 0.05) is 23.7 Å². The highest BCUT2D eigenvalue weighted by Crippen LogP contribution is 2.23. The average Bonchev–Trinajstić information content (AvgIpc) is 2.98. The van der Waals surface area contributed by atoms with Crippen molar-refractivity contribution in [2.24, 2.45) is 0 Å². The highest BCUT2D eigenvalue weighted by molar-refractivity contribution is 6.31. The Morgan fingerprint density at radius 3 is 2.07 bits per heavy atom. The number of halogens is 1. The molecule has 0 radical (unpaired) electrons. The summed E-state index contributed by atoms with van der Waals surface area (Å²) in [6.07, 6.45) is 0.737. The van der Waals surface area contributed by atoms with Crippen molar-refractivity contribution in [3.05, 3.63) is 96.3 Å². The van der Waals surface area contributed by atoms with E-state index in [9.17, 15) is 19.2 Å². The van der Waals surface area contributed by atoms with E-state index in [1.54, 1.807) is 30.3 Å². The van der Waals surface area contributed by atoms with Gasteiger partial charge in [0.2, 0.25) is 10.9 Å². The Hall–Kier alpha value is -3.25. The number of fused-ring (bicyclic) bond motifs is 1. The van der Waals surface area contributed by atoms with E-state index in [0.717, 1.165) is 10.5 Å². The van der Waals surface area contributed by atoms with E-state index in [-0.39, 0.29) is 30.5 Å². The number of amides is 2. The molecule has 0 atom stereocenters. The van der Waals surface area contributed by atoms with Gasteiger partial charge < -0.3 is 5.32 Å². The van der Waals surface area contributed by atoms with Gasteiger partial charge in [0.05, 0.1) is 16.8 Å². The second-order valence-electron chi connectivity index (χ2n) is 6.84. The van der Waals surface area contributed by atoms with Gasteiger partial charge in [-0.2, -0.15) is 0 Å². The number of benzene rings is 2. The van der Waals surface area contributed by atoms with Crippen LogP contribution in [0.2, 0.25) is 5.02 Å². The third-order valence-corrected chi connectivity index (χ3v) is 5.50. The maximum Gasteiger partial charge on any atom is 0.261 e. The Balaban J connectivity index is 1.41. The van der Waals surface area contributed by atoms with Crippen LogP contribution in [-0.2, 0) is 12.8 Å². The molecule has 29 heavy (non-hydrogen) atoms. The Labute approximate surface area is 171 Å². The van der Waals surface area contributed by atoms with Crippen LogP contribution >= 0.6 is 11.6 Å². The van der Waals surface area contributed by atoms with Gasteiger partial charge in [0.25, 0.3) is 11.8 Å². The number of hydrogen-bond donors (Lipinski definition) is 1. The summed E-state index contributed by atoms with van der Waals surface area (Å²) in [7, 11) is 0. The quantitative estimate of drug-likeness (QED) is 0.479. The standard InChI is InChI=1S/C22H17ClN2O4/c23-17-8-4-1-5-13(17)9-11-24-18-16(19(26)20(18)27)10-12-25-21(28)14-6-2-3-7-15(14)22(25)29/h1-8,24H,9-12H2. The molecule has 3 aromatic carbocycles. The molecule has 0 saturated heterocycles. The molecule has 0 saturated carbocycles. The molecule has 1 heterocycles. The Bertz CT molecular complexity index is 1160. The maximum atomic E-state index is 12.4. The van der Waals surface area contributed by atoms with Gasteiger partial charge in [-0.25, -0.2) is 0 Å². The lowest BCUT2D eigenvalue weighted by Crippen LogP contribution is -2.41. The number of hydrogen-bond acceptors (Lipinski definition) is 5. The van der Waals surface area contributed by atoms with E-state index in [2.05, 4.69) is 5.32 Å². The smallest absolute Gasteiger partial charge is 0.261 e. The fraction of sp³-hybridized carbons (Fsp3) is 0.182. The molecule has 0 fully saturated rings. The van der Waals surface area contributed by atoms with Gasteiger partial charge >= 0.3 is 0 Å². The predicted octanol–water partition coefficient (Wildman–Crippen LogP) is 2.43. The lowest BCUT2D eigenvalue weighted by atomic mass is 10.0. The SMILES string of the molecule is O=C1c2ccccc2C(=O)N1CCc1c(NCCc2ccccc2Cl)c(=O)c1=O. The number of nitrogens with one attached hydrogen (secondary N) is 1. The normalized spacial score (nSPS) is 13.2. The Morgan fingerprint density at radius 2 is 1.41 bits per heavy atom.